The Morgan fingerprint density at radius 3 is 2.45 bits per heavy atom. The van der Waals surface area contributed by atoms with Gasteiger partial charge < -0.3 is 10.4 Å². The number of hydrogen-bond acceptors (Lipinski definition) is 4. The standard InChI is InChI=1S/C15H15N3O4/c19-12-7-6-11(13(20)16-15(8-9-15)14(21)22)17-18(12)10-4-2-1-3-5-10/h1-5H,6-9H2,(H,16,20)(H,21,22). The van der Waals surface area contributed by atoms with Crippen LogP contribution in [-0.2, 0) is 14.4 Å². The van der Waals surface area contributed by atoms with Crippen LogP contribution in [0.1, 0.15) is 25.7 Å². The largest absolute Gasteiger partial charge is 0.480 e. The summed E-state index contributed by atoms with van der Waals surface area (Å²) in [4.78, 5) is 35.3. The molecule has 3 rings (SSSR count). The zero-order valence-electron chi connectivity index (χ0n) is 11.8. The van der Waals surface area contributed by atoms with Crippen molar-refractivity contribution in [2.75, 3.05) is 5.01 Å². The van der Waals surface area contributed by atoms with Crippen molar-refractivity contribution in [3.05, 3.63) is 30.3 Å². The molecule has 22 heavy (non-hydrogen) atoms. The zero-order chi connectivity index (χ0) is 15.7. The summed E-state index contributed by atoms with van der Waals surface area (Å²) in [6.07, 6.45) is 1.22. The smallest absolute Gasteiger partial charge is 0.329 e. The van der Waals surface area contributed by atoms with Crippen LogP contribution in [0.3, 0.4) is 0 Å². The normalized spacial score (nSPS) is 19.4. The Hall–Kier alpha value is -2.70. The fourth-order valence-corrected chi connectivity index (χ4v) is 2.29. The molecule has 7 nitrogen and oxygen atoms in total. The van der Waals surface area contributed by atoms with Crippen LogP contribution in [0.2, 0.25) is 0 Å². The minimum atomic E-state index is -1.15. The lowest BCUT2D eigenvalue weighted by Gasteiger charge is -2.23. The van der Waals surface area contributed by atoms with Gasteiger partial charge in [0, 0.05) is 12.8 Å². The first kappa shape index (κ1) is 14.2. The fourth-order valence-electron chi connectivity index (χ4n) is 2.29. The van der Waals surface area contributed by atoms with Crippen molar-refractivity contribution in [2.45, 2.75) is 31.2 Å². The Kier molecular flexibility index (Phi) is 3.40. The minimum Gasteiger partial charge on any atom is -0.480 e. The van der Waals surface area contributed by atoms with E-state index in [-0.39, 0.29) is 24.5 Å². The van der Waals surface area contributed by atoms with Crippen LogP contribution in [0, 0.1) is 0 Å². The van der Waals surface area contributed by atoms with Gasteiger partial charge in [0.05, 0.1) is 5.69 Å². The Balaban J connectivity index is 1.80. The van der Waals surface area contributed by atoms with E-state index in [9.17, 15) is 14.4 Å². The Morgan fingerprint density at radius 1 is 1.18 bits per heavy atom. The minimum absolute atomic E-state index is 0.168. The lowest BCUT2D eigenvalue weighted by molar-refractivity contribution is -0.142. The molecule has 0 spiro atoms. The maximum absolute atomic E-state index is 12.2. The Morgan fingerprint density at radius 2 is 1.86 bits per heavy atom. The highest BCUT2D eigenvalue weighted by molar-refractivity contribution is 6.40. The highest BCUT2D eigenvalue weighted by atomic mass is 16.4. The topological polar surface area (TPSA) is 99.1 Å². The third kappa shape index (κ3) is 2.57. The number of benzene rings is 1. The molecule has 0 unspecified atom stereocenters. The van der Waals surface area contributed by atoms with Gasteiger partial charge in [-0.05, 0) is 25.0 Å². The maximum atomic E-state index is 12.2. The molecule has 7 heteroatoms. The predicted molar refractivity (Wildman–Crippen MR) is 78.3 cm³/mol. The number of carboxylic acids is 1. The summed E-state index contributed by atoms with van der Waals surface area (Å²) in [5, 5.41) is 16.9. The Bertz CT molecular complexity index is 665. The summed E-state index contributed by atoms with van der Waals surface area (Å²) >= 11 is 0. The van der Waals surface area contributed by atoms with Crippen LogP contribution in [0.15, 0.2) is 35.4 Å². The van der Waals surface area contributed by atoms with Gasteiger partial charge in [-0.1, -0.05) is 18.2 Å². The van der Waals surface area contributed by atoms with Crippen LogP contribution in [0.25, 0.3) is 0 Å². The van der Waals surface area contributed by atoms with Gasteiger partial charge in [-0.15, -0.1) is 0 Å². The molecule has 1 saturated carbocycles. The molecule has 1 heterocycles. The van der Waals surface area contributed by atoms with E-state index in [4.69, 9.17) is 5.11 Å². The van der Waals surface area contributed by atoms with E-state index in [1.807, 2.05) is 6.07 Å². The second kappa shape index (κ2) is 5.25. The number of para-hydroxylation sites is 1. The number of anilines is 1. The van der Waals surface area contributed by atoms with E-state index in [1.165, 1.54) is 5.01 Å². The number of amides is 2. The number of carbonyl (C=O) groups excluding carboxylic acids is 2. The van der Waals surface area contributed by atoms with Gasteiger partial charge in [0.2, 0.25) is 5.91 Å². The lowest BCUT2D eigenvalue weighted by Crippen LogP contribution is -2.47. The monoisotopic (exact) mass is 301 g/mol. The highest BCUT2D eigenvalue weighted by Crippen LogP contribution is 2.35. The maximum Gasteiger partial charge on any atom is 0.329 e. The van der Waals surface area contributed by atoms with Crippen LogP contribution < -0.4 is 10.3 Å². The summed E-state index contributed by atoms with van der Waals surface area (Å²) in [7, 11) is 0. The molecule has 1 aromatic carbocycles. The van der Waals surface area contributed by atoms with Crippen LogP contribution >= 0.6 is 0 Å². The summed E-state index contributed by atoms with van der Waals surface area (Å²) in [5.74, 6) is -1.75. The second-order valence-corrected chi connectivity index (χ2v) is 5.43. The van der Waals surface area contributed by atoms with Crippen molar-refractivity contribution in [3.63, 3.8) is 0 Å². The number of carboxylic acid groups (broad SMARTS) is 1. The van der Waals surface area contributed by atoms with Crippen LogP contribution in [0.4, 0.5) is 5.69 Å². The number of aliphatic carboxylic acids is 1. The average Bonchev–Trinajstić information content (AvgIpc) is 3.29. The van der Waals surface area contributed by atoms with Crippen LogP contribution in [-0.4, -0.2) is 34.1 Å². The number of nitrogens with zero attached hydrogens (tertiary/aromatic N) is 2. The van der Waals surface area contributed by atoms with Crippen LogP contribution in [0.5, 0.6) is 0 Å². The number of hydrazone groups is 1. The molecule has 1 aliphatic heterocycles. The number of carbonyl (C=O) groups is 3. The fraction of sp³-hybridized carbons (Fsp3) is 0.333. The van der Waals surface area contributed by atoms with Gasteiger partial charge in [0.1, 0.15) is 11.3 Å². The van der Waals surface area contributed by atoms with Crippen molar-refractivity contribution in [1.82, 2.24) is 5.32 Å². The SMILES string of the molecule is O=C(NC1(C(=O)O)CC1)C1=NN(c2ccccc2)C(=O)CC1. The van der Waals surface area contributed by atoms with E-state index < -0.39 is 17.4 Å². The van der Waals surface area contributed by atoms with Gasteiger partial charge in [-0.2, -0.15) is 5.10 Å². The Labute approximate surface area is 126 Å². The van der Waals surface area contributed by atoms with Gasteiger partial charge in [-0.25, -0.2) is 9.80 Å². The third-order valence-electron chi connectivity index (χ3n) is 3.81. The summed E-state index contributed by atoms with van der Waals surface area (Å²) in [6, 6.07) is 8.81. The molecule has 1 aromatic rings. The molecular formula is C15H15N3O4. The van der Waals surface area contributed by atoms with Crippen molar-refractivity contribution in [3.8, 4) is 0 Å². The average molecular weight is 301 g/mol. The van der Waals surface area contributed by atoms with Crippen molar-refractivity contribution >= 4 is 29.2 Å². The second-order valence-electron chi connectivity index (χ2n) is 5.43. The molecule has 0 radical (unpaired) electrons. The van der Waals surface area contributed by atoms with Crippen molar-refractivity contribution in [2.24, 2.45) is 5.10 Å². The van der Waals surface area contributed by atoms with Gasteiger partial charge in [0.15, 0.2) is 0 Å². The van der Waals surface area contributed by atoms with Gasteiger partial charge >= 0.3 is 5.97 Å². The predicted octanol–water partition coefficient (Wildman–Crippen LogP) is 0.903. The zero-order valence-corrected chi connectivity index (χ0v) is 11.8. The highest BCUT2D eigenvalue weighted by Gasteiger charge is 2.52. The molecular weight excluding hydrogens is 286 g/mol. The van der Waals surface area contributed by atoms with E-state index in [0.717, 1.165) is 0 Å². The molecule has 2 N–H and O–H groups in total. The molecule has 2 amide bonds. The molecule has 1 fully saturated rings. The summed E-state index contributed by atoms with van der Waals surface area (Å²) < 4.78 is 0. The first-order valence-corrected chi connectivity index (χ1v) is 7.03. The number of hydrogen-bond donors (Lipinski definition) is 2. The lowest BCUT2D eigenvalue weighted by atomic mass is 10.1. The van der Waals surface area contributed by atoms with E-state index in [1.54, 1.807) is 24.3 Å². The quantitative estimate of drug-likeness (QED) is 0.863. The number of nitrogens with one attached hydrogen (secondary N) is 1. The van der Waals surface area contributed by atoms with E-state index in [2.05, 4.69) is 10.4 Å². The first-order valence-electron chi connectivity index (χ1n) is 7.03. The molecule has 0 atom stereocenters. The molecule has 114 valence electrons. The van der Waals surface area contributed by atoms with E-state index >= 15 is 0 Å². The van der Waals surface area contributed by atoms with E-state index in [0.29, 0.717) is 18.5 Å². The molecule has 0 saturated heterocycles. The van der Waals surface area contributed by atoms with Gasteiger partial charge in [0.25, 0.3) is 5.91 Å². The van der Waals surface area contributed by atoms with Crippen molar-refractivity contribution in [1.29, 1.82) is 0 Å². The summed E-state index contributed by atoms with van der Waals surface area (Å²) in [5.41, 5.74) is -0.397. The third-order valence-corrected chi connectivity index (χ3v) is 3.81. The number of rotatable bonds is 4. The molecule has 0 bridgehead atoms. The van der Waals surface area contributed by atoms with Gasteiger partial charge in [-0.3, -0.25) is 9.59 Å². The first-order chi connectivity index (χ1) is 10.5. The van der Waals surface area contributed by atoms with Crippen molar-refractivity contribution < 1.29 is 19.5 Å². The summed E-state index contributed by atoms with van der Waals surface area (Å²) in [6.45, 7) is 0. The molecule has 2 aliphatic rings. The molecule has 1 aliphatic carbocycles. The molecule has 0 aromatic heterocycles.